The highest BCUT2D eigenvalue weighted by Gasteiger charge is 2.12. The topological polar surface area (TPSA) is 60.6 Å². The molecule has 112 valence electrons. The van der Waals surface area contributed by atoms with Crippen molar-refractivity contribution >= 4 is 11.5 Å². The molecule has 2 rings (SSSR count). The molecule has 0 radical (unpaired) electrons. The van der Waals surface area contributed by atoms with Gasteiger partial charge in [-0.3, -0.25) is 0 Å². The molecule has 0 atom stereocenters. The van der Waals surface area contributed by atoms with E-state index in [0.717, 1.165) is 30.2 Å². The van der Waals surface area contributed by atoms with Crippen molar-refractivity contribution in [3.8, 4) is 11.6 Å². The Morgan fingerprint density at radius 1 is 1.10 bits per heavy atom. The molecule has 0 aliphatic heterocycles. The molecule has 0 amide bonds. The number of aromatic nitrogens is 1. The third-order valence-electron chi connectivity index (χ3n) is 3.15. The van der Waals surface area contributed by atoms with Crippen LogP contribution in [0.4, 0.5) is 11.5 Å². The van der Waals surface area contributed by atoms with Crippen molar-refractivity contribution in [2.24, 2.45) is 5.73 Å². The molecule has 5 nitrogen and oxygen atoms in total. The van der Waals surface area contributed by atoms with Crippen molar-refractivity contribution in [3.05, 3.63) is 42.5 Å². The fraction of sp³-hybridized carbons (Fsp3) is 0.312. The van der Waals surface area contributed by atoms with E-state index < -0.39 is 0 Å². The molecule has 2 aromatic rings. The highest BCUT2D eigenvalue weighted by atomic mass is 16.5. The van der Waals surface area contributed by atoms with Crippen LogP contribution in [0.1, 0.15) is 6.42 Å². The number of ether oxygens (including phenoxy) is 2. The summed E-state index contributed by atoms with van der Waals surface area (Å²) in [6, 6.07) is 13.6. The van der Waals surface area contributed by atoms with Crippen molar-refractivity contribution < 1.29 is 9.47 Å². The molecule has 0 aliphatic carbocycles. The van der Waals surface area contributed by atoms with Gasteiger partial charge in [0.25, 0.3) is 0 Å². The van der Waals surface area contributed by atoms with Gasteiger partial charge in [-0.2, -0.15) is 4.98 Å². The lowest BCUT2D eigenvalue weighted by atomic mass is 10.2. The summed E-state index contributed by atoms with van der Waals surface area (Å²) in [6.07, 6.45) is 0.871. The van der Waals surface area contributed by atoms with Gasteiger partial charge in [0.1, 0.15) is 11.6 Å². The zero-order chi connectivity index (χ0) is 15.1. The molecule has 1 aromatic carbocycles. The molecule has 1 aromatic heterocycles. The summed E-state index contributed by atoms with van der Waals surface area (Å²) < 4.78 is 10.5. The second kappa shape index (κ2) is 7.50. The SMILES string of the molecule is COc1cccc(N(CCCN)c2cccc(OC)n2)c1. The lowest BCUT2D eigenvalue weighted by Gasteiger charge is -2.24. The molecule has 5 heteroatoms. The van der Waals surface area contributed by atoms with Crippen LogP contribution in [0.2, 0.25) is 0 Å². The molecule has 2 N–H and O–H groups in total. The summed E-state index contributed by atoms with van der Waals surface area (Å²) in [5.74, 6) is 2.23. The zero-order valence-corrected chi connectivity index (χ0v) is 12.5. The lowest BCUT2D eigenvalue weighted by molar-refractivity contribution is 0.398. The van der Waals surface area contributed by atoms with Gasteiger partial charge in [0.05, 0.1) is 14.2 Å². The summed E-state index contributed by atoms with van der Waals surface area (Å²) in [5, 5.41) is 0. The number of anilines is 2. The van der Waals surface area contributed by atoms with E-state index in [9.17, 15) is 0 Å². The van der Waals surface area contributed by atoms with Crippen LogP contribution in [0.25, 0.3) is 0 Å². The van der Waals surface area contributed by atoms with Crippen LogP contribution >= 0.6 is 0 Å². The lowest BCUT2D eigenvalue weighted by Crippen LogP contribution is -2.22. The fourth-order valence-electron chi connectivity index (χ4n) is 2.07. The largest absolute Gasteiger partial charge is 0.497 e. The Kier molecular flexibility index (Phi) is 5.40. The van der Waals surface area contributed by atoms with Crippen LogP contribution in [0, 0.1) is 0 Å². The third kappa shape index (κ3) is 3.86. The van der Waals surface area contributed by atoms with Crippen molar-refractivity contribution in [3.63, 3.8) is 0 Å². The Balaban J connectivity index is 2.36. The van der Waals surface area contributed by atoms with Gasteiger partial charge in [-0.15, -0.1) is 0 Å². The first kappa shape index (κ1) is 15.1. The van der Waals surface area contributed by atoms with Crippen molar-refractivity contribution in [2.75, 3.05) is 32.2 Å². The molecule has 0 saturated carbocycles. The Morgan fingerprint density at radius 3 is 2.62 bits per heavy atom. The van der Waals surface area contributed by atoms with Gasteiger partial charge in [0, 0.05) is 24.4 Å². The predicted molar refractivity (Wildman–Crippen MR) is 84.5 cm³/mol. The molecule has 0 fully saturated rings. The highest BCUT2D eigenvalue weighted by Crippen LogP contribution is 2.28. The van der Waals surface area contributed by atoms with E-state index in [4.69, 9.17) is 15.2 Å². The van der Waals surface area contributed by atoms with Crippen molar-refractivity contribution in [1.29, 1.82) is 0 Å². The van der Waals surface area contributed by atoms with E-state index in [-0.39, 0.29) is 0 Å². The molecule has 0 unspecified atom stereocenters. The molecule has 21 heavy (non-hydrogen) atoms. The molecular formula is C16H21N3O2. The first-order valence-electron chi connectivity index (χ1n) is 6.91. The minimum atomic E-state index is 0.591. The van der Waals surface area contributed by atoms with E-state index in [1.165, 1.54) is 0 Å². The van der Waals surface area contributed by atoms with Crippen molar-refractivity contribution in [1.82, 2.24) is 4.98 Å². The van der Waals surface area contributed by atoms with Crippen molar-refractivity contribution in [2.45, 2.75) is 6.42 Å². The Bertz CT molecular complexity index is 527. The van der Waals surface area contributed by atoms with Gasteiger partial charge in [-0.25, -0.2) is 0 Å². The van der Waals surface area contributed by atoms with Gasteiger partial charge in [0.15, 0.2) is 0 Å². The minimum Gasteiger partial charge on any atom is -0.497 e. The molecule has 0 aliphatic rings. The predicted octanol–water partition coefficient (Wildman–Crippen LogP) is 2.59. The van der Waals surface area contributed by atoms with Crippen LogP contribution < -0.4 is 20.1 Å². The van der Waals surface area contributed by atoms with Gasteiger partial charge in [-0.05, 0) is 31.2 Å². The molecule has 0 spiro atoms. The average molecular weight is 287 g/mol. The van der Waals surface area contributed by atoms with Crippen LogP contribution in [-0.2, 0) is 0 Å². The van der Waals surface area contributed by atoms with Crippen LogP contribution in [0.5, 0.6) is 11.6 Å². The molecule has 0 saturated heterocycles. The van der Waals surface area contributed by atoms with Gasteiger partial charge in [-0.1, -0.05) is 12.1 Å². The first-order valence-corrected chi connectivity index (χ1v) is 6.91. The third-order valence-corrected chi connectivity index (χ3v) is 3.15. The van der Waals surface area contributed by atoms with E-state index in [2.05, 4.69) is 9.88 Å². The normalized spacial score (nSPS) is 10.2. The number of rotatable bonds is 7. The second-order valence-electron chi connectivity index (χ2n) is 4.53. The zero-order valence-electron chi connectivity index (χ0n) is 12.5. The van der Waals surface area contributed by atoms with Crippen LogP contribution in [0.3, 0.4) is 0 Å². The molecular weight excluding hydrogens is 266 g/mol. The first-order chi connectivity index (χ1) is 10.3. The number of pyridine rings is 1. The highest BCUT2D eigenvalue weighted by molar-refractivity contribution is 5.62. The number of benzene rings is 1. The summed E-state index contributed by atoms with van der Waals surface area (Å²) >= 11 is 0. The van der Waals surface area contributed by atoms with Gasteiger partial charge < -0.3 is 20.1 Å². The molecule has 1 heterocycles. The quantitative estimate of drug-likeness (QED) is 0.848. The summed E-state index contributed by atoms with van der Waals surface area (Å²) in [4.78, 5) is 6.61. The Labute approximate surface area is 125 Å². The van der Waals surface area contributed by atoms with Gasteiger partial charge in [0.2, 0.25) is 5.88 Å². The average Bonchev–Trinajstić information content (AvgIpc) is 2.55. The Morgan fingerprint density at radius 2 is 1.90 bits per heavy atom. The fourth-order valence-corrected chi connectivity index (χ4v) is 2.07. The van der Waals surface area contributed by atoms with E-state index >= 15 is 0 Å². The number of hydrogen-bond donors (Lipinski definition) is 1. The van der Waals surface area contributed by atoms with E-state index in [1.807, 2.05) is 42.5 Å². The van der Waals surface area contributed by atoms with Crippen LogP contribution in [0.15, 0.2) is 42.5 Å². The molecule has 0 bridgehead atoms. The number of methoxy groups -OCH3 is 2. The smallest absolute Gasteiger partial charge is 0.214 e. The van der Waals surface area contributed by atoms with Crippen LogP contribution in [-0.4, -0.2) is 32.3 Å². The Hall–Kier alpha value is -2.27. The summed E-state index contributed by atoms with van der Waals surface area (Å²) in [6.45, 7) is 1.41. The minimum absolute atomic E-state index is 0.591. The number of hydrogen-bond acceptors (Lipinski definition) is 5. The summed E-state index contributed by atoms with van der Waals surface area (Å²) in [5.41, 5.74) is 6.67. The maximum absolute atomic E-state index is 5.65. The maximum atomic E-state index is 5.65. The number of nitrogens with zero attached hydrogens (tertiary/aromatic N) is 2. The standard InChI is InChI=1S/C16H21N3O2/c1-20-14-7-3-6-13(12-14)19(11-5-10-17)15-8-4-9-16(18-15)21-2/h3-4,6-9,12H,5,10-11,17H2,1-2H3. The maximum Gasteiger partial charge on any atom is 0.214 e. The van der Waals surface area contributed by atoms with E-state index in [1.54, 1.807) is 14.2 Å². The monoisotopic (exact) mass is 287 g/mol. The second-order valence-corrected chi connectivity index (χ2v) is 4.53. The number of nitrogens with two attached hydrogens (primary N) is 1. The van der Waals surface area contributed by atoms with Gasteiger partial charge >= 0.3 is 0 Å². The summed E-state index contributed by atoms with van der Waals surface area (Å²) in [7, 11) is 3.27. The van der Waals surface area contributed by atoms with E-state index in [0.29, 0.717) is 12.4 Å².